The first kappa shape index (κ1) is 13.2. The van der Waals surface area contributed by atoms with E-state index in [1.54, 1.807) is 19.2 Å². The van der Waals surface area contributed by atoms with Gasteiger partial charge in [-0.2, -0.15) is 23.5 Å². The minimum Gasteiger partial charge on any atom is -0.312 e. The minimum atomic E-state index is -0.767. The molecule has 5 heteroatoms. The Morgan fingerprint density at radius 1 is 1.35 bits per heavy atom. The molecule has 0 aliphatic carbocycles. The van der Waals surface area contributed by atoms with Crippen LogP contribution in [0.25, 0.3) is 0 Å². The molecule has 1 aromatic rings. The molecule has 0 saturated carbocycles. The fourth-order valence-corrected chi connectivity index (χ4v) is 4.90. The summed E-state index contributed by atoms with van der Waals surface area (Å²) in [6.07, 6.45) is 0. The van der Waals surface area contributed by atoms with Crippen molar-refractivity contribution < 1.29 is 8.78 Å². The van der Waals surface area contributed by atoms with Gasteiger partial charge < -0.3 is 5.32 Å². The number of halogens is 2. The molecular weight excluding hydrogens is 260 g/mol. The van der Waals surface area contributed by atoms with E-state index >= 15 is 0 Å². The van der Waals surface area contributed by atoms with Crippen molar-refractivity contribution in [3.05, 3.63) is 35.4 Å². The van der Waals surface area contributed by atoms with E-state index in [0.717, 1.165) is 23.3 Å². The first-order valence-corrected chi connectivity index (χ1v) is 7.75. The molecule has 0 aromatic heterocycles. The molecule has 1 N–H and O–H groups in total. The second kappa shape index (κ2) is 6.07. The minimum absolute atomic E-state index is 0.122. The Balaban J connectivity index is 2.24. The highest BCUT2D eigenvalue weighted by atomic mass is 32.2. The normalized spacial score (nSPS) is 22.4. The van der Waals surface area contributed by atoms with Crippen LogP contribution in [-0.2, 0) is 0 Å². The molecule has 1 saturated heterocycles. The summed E-state index contributed by atoms with van der Waals surface area (Å²) in [5.74, 6) is 1.71. The van der Waals surface area contributed by atoms with Crippen LogP contribution in [0.3, 0.4) is 0 Å². The van der Waals surface area contributed by atoms with Crippen LogP contribution < -0.4 is 5.32 Å². The van der Waals surface area contributed by atoms with Gasteiger partial charge >= 0.3 is 0 Å². The fraction of sp³-hybridized carbons (Fsp3) is 0.500. The van der Waals surface area contributed by atoms with Gasteiger partial charge in [-0.3, -0.25) is 0 Å². The van der Waals surface area contributed by atoms with Gasteiger partial charge in [-0.1, -0.05) is 12.1 Å². The number of hydrogen-bond acceptors (Lipinski definition) is 3. The van der Waals surface area contributed by atoms with Crippen LogP contribution in [0, 0.1) is 11.6 Å². The Kier molecular flexibility index (Phi) is 4.70. The molecule has 1 aliphatic rings. The molecule has 1 fully saturated rings. The number of nitrogens with one attached hydrogen (secondary N) is 1. The second-order valence-electron chi connectivity index (χ2n) is 3.89. The SMILES string of the molecule is CNC(c1cccc(F)c1F)C1CSCCS1. The highest BCUT2D eigenvalue weighted by molar-refractivity contribution is 8.06. The monoisotopic (exact) mass is 275 g/mol. The zero-order chi connectivity index (χ0) is 12.3. The fourth-order valence-electron chi connectivity index (χ4n) is 2.00. The van der Waals surface area contributed by atoms with Gasteiger partial charge in [0, 0.05) is 34.1 Å². The summed E-state index contributed by atoms with van der Waals surface area (Å²) in [5.41, 5.74) is 0.438. The smallest absolute Gasteiger partial charge is 0.163 e. The zero-order valence-electron chi connectivity index (χ0n) is 9.58. The maximum absolute atomic E-state index is 13.8. The molecule has 94 valence electrons. The average Bonchev–Trinajstić information content (AvgIpc) is 2.37. The second-order valence-corrected chi connectivity index (χ2v) is 6.39. The van der Waals surface area contributed by atoms with Gasteiger partial charge in [0.05, 0.1) is 0 Å². The summed E-state index contributed by atoms with van der Waals surface area (Å²) in [6.45, 7) is 0. The molecule has 0 bridgehead atoms. The third-order valence-corrected chi connectivity index (χ3v) is 5.70. The third-order valence-electron chi connectivity index (χ3n) is 2.84. The van der Waals surface area contributed by atoms with Gasteiger partial charge in [-0.25, -0.2) is 8.78 Å². The van der Waals surface area contributed by atoms with E-state index in [1.165, 1.54) is 0 Å². The molecule has 17 heavy (non-hydrogen) atoms. The molecule has 1 aromatic carbocycles. The van der Waals surface area contributed by atoms with Gasteiger partial charge in [-0.05, 0) is 13.1 Å². The highest BCUT2D eigenvalue weighted by Crippen LogP contribution is 2.34. The van der Waals surface area contributed by atoms with Crippen LogP contribution >= 0.6 is 23.5 Å². The van der Waals surface area contributed by atoms with Crippen molar-refractivity contribution in [1.29, 1.82) is 0 Å². The van der Waals surface area contributed by atoms with E-state index in [0.29, 0.717) is 10.8 Å². The van der Waals surface area contributed by atoms with Crippen molar-refractivity contribution in [3.8, 4) is 0 Å². The zero-order valence-corrected chi connectivity index (χ0v) is 11.2. The Bertz CT molecular complexity index is 381. The molecule has 2 atom stereocenters. The predicted octanol–water partition coefficient (Wildman–Crippen LogP) is 3.07. The number of benzene rings is 1. The lowest BCUT2D eigenvalue weighted by Crippen LogP contribution is -2.32. The number of rotatable bonds is 3. The predicted molar refractivity (Wildman–Crippen MR) is 71.7 cm³/mol. The van der Waals surface area contributed by atoms with Gasteiger partial charge in [-0.15, -0.1) is 0 Å². The molecule has 2 rings (SSSR count). The van der Waals surface area contributed by atoms with Crippen LogP contribution in [-0.4, -0.2) is 29.6 Å². The van der Waals surface area contributed by atoms with E-state index < -0.39 is 11.6 Å². The summed E-state index contributed by atoms with van der Waals surface area (Å²) in [5, 5.41) is 3.42. The Morgan fingerprint density at radius 2 is 2.18 bits per heavy atom. The van der Waals surface area contributed by atoms with Crippen molar-refractivity contribution in [2.24, 2.45) is 0 Å². The standard InChI is InChI=1S/C12H15F2NS2/c1-15-12(10-7-16-5-6-17-10)8-3-2-4-9(13)11(8)14/h2-4,10,12,15H,5-7H2,1H3. The van der Waals surface area contributed by atoms with E-state index in [2.05, 4.69) is 5.32 Å². The quantitative estimate of drug-likeness (QED) is 0.910. The van der Waals surface area contributed by atoms with Crippen LogP contribution in [0.15, 0.2) is 18.2 Å². The van der Waals surface area contributed by atoms with Crippen molar-refractivity contribution >= 4 is 23.5 Å². The molecular formula is C12H15F2NS2. The van der Waals surface area contributed by atoms with E-state index in [1.807, 2.05) is 23.5 Å². The van der Waals surface area contributed by atoms with Gasteiger partial charge in [0.1, 0.15) is 0 Å². The summed E-state index contributed by atoms with van der Waals surface area (Å²) < 4.78 is 27.0. The first-order valence-electron chi connectivity index (χ1n) is 5.54. The van der Waals surface area contributed by atoms with Crippen molar-refractivity contribution in [2.45, 2.75) is 11.3 Å². The van der Waals surface area contributed by atoms with E-state index in [-0.39, 0.29) is 6.04 Å². The lowest BCUT2D eigenvalue weighted by Gasteiger charge is -2.29. The molecule has 1 aliphatic heterocycles. The van der Waals surface area contributed by atoms with Crippen molar-refractivity contribution in [3.63, 3.8) is 0 Å². The van der Waals surface area contributed by atoms with E-state index in [9.17, 15) is 8.78 Å². The Morgan fingerprint density at radius 3 is 2.82 bits per heavy atom. The van der Waals surface area contributed by atoms with Crippen LogP contribution in [0.2, 0.25) is 0 Å². The van der Waals surface area contributed by atoms with Gasteiger partial charge in [0.2, 0.25) is 0 Å². The topological polar surface area (TPSA) is 12.0 Å². The van der Waals surface area contributed by atoms with Crippen LogP contribution in [0.1, 0.15) is 11.6 Å². The van der Waals surface area contributed by atoms with Crippen LogP contribution in [0.4, 0.5) is 8.78 Å². The third kappa shape index (κ3) is 2.95. The first-order chi connectivity index (χ1) is 8.24. The van der Waals surface area contributed by atoms with Gasteiger partial charge in [0.25, 0.3) is 0 Å². The maximum Gasteiger partial charge on any atom is 0.163 e. The van der Waals surface area contributed by atoms with Crippen molar-refractivity contribution in [1.82, 2.24) is 5.32 Å². The summed E-state index contributed by atoms with van der Waals surface area (Å²) in [6, 6.07) is 4.27. The summed E-state index contributed by atoms with van der Waals surface area (Å²) in [4.78, 5) is 0. The lowest BCUT2D eigenvalue weighted by atomic mass is 10.0. The van der Waals surface area contributed by atoms with Crippen molar-refractivity contribution in [2.75, 3.05) is 24.3 Å². The van der Waals surface area contributed by atoms with Gasteiger partial charge in [0.15, 0.2) is 11.6 Å². The Labute approximate surface area is 109 Å². The number of hydrogen-bond donors (Lipinski definition) is 1. The van der Waals surface area contributed by atoms with Crippen LogP contribution in [0.5, 0.6) is 0 Å². The molecule has 0 spiro atoms. The maximum atomic E-state index is 13.8. The molecule has 0 radical (unpaired) electrons. The molecule has 2 unspecified atom stereocenters. The molecule has 1 heterocycles. The lowest BCUT2D eigenvalue weighted by molar-refractivity contribution is 0.473. The molecule has 1 nitrogen and oxygen atoms in total. The highest BCUT2D eigenvalue weighted by Gasteiger charge is 2.27. The summed E-state index contributed by atoms with van der Waals surface area (Å²) in [7, 11) is 1.80. The molecule has 0 amide bonds. The number of thioether (sulfide) groups is 2. The largest absolute Gasteiger partial charge is 0.312 e. The average molecular weight is 275 g/mol. The van der Waals surface area contributed by atoms with E-state index in [4.69, 9.17) is 0 Å². The summed E-state index contributed by atoms with van der Waals surface area (Å²) >= 11 is 3.71. The Hall–Kier alpha value is -0.260.